The van der Waals surface area contributed by atoms with Crippen molar-refractivity contribution < 1.29 is 10.2 Å². The van der Waals surface area contributed by atoms with Crippen molar-refractivity contribution in [3.63, 3.8) is 0 Å². The van der Waals surface area contributed by atoms with Gasteiger partial charge in [-0.1, -0.05) is 6.07 Å². The van der Waals surface area contributed by atoms with Gasteiger partial charge in [0.05, 0.1) is 24.4 Å². The Labute approximate surface area is 89.0 Å². The summed E-state index contributed by atoms with van der Waals surface area (Å²) in [4.78, 5) is 4.21. The summed E-state index contributed by atoms with van der Waals surface area (Å²) in [5.41, 5.74) is 5.46. The van der Waals surface area contributed by atoms with Crippen LogP contribution in [0.15, 0.2) is 18.2 Å². The molecule has 0 spiro atoms. The van der Waals surface area contributed by atoms with E-state index in [4.69, 9.17) is 15.9 Å². The first-order chi connectivity index (χ1) is 7.13. The molecule has 5 nitrogen and oxygen atoms in total. The summed E-state index contributed by atoms with van der Waals surface area (Å²) in [5.74, 6) is 0.601. The van der Waals surface area contributed by atoms with Crippen molar-refractivity contribution in [3.05, 3.63) is 23.9 Å². The molecule has 0 saturated carbocycles. The van der Waals surface area contributed by atoms with E-state index < -0.39 is 5.54 Å². The Kier molecular flexibility index (Phi) is 4.02. The summed E-state index contributed by atoms with van der Waals surface area (Å²) < 4.78 is 0. The standard InChI is InChI=1S/C10H17N3O2/c1-10(6-14,7-15)13-9-4-2-3-8(5-11)12-9/h2-4,14-15H,5-7,11H2,1H3,(H,12,13). The number of aliphatic hydroxyl groups is 2. The second-order valence-electron chi connectivity index (χ2n) is 3.72. The molecule has 1 rings (SSSR count). The van der Waals surface area contributed by atoms with Crippen LogP contribution in [0.5, 0.6) is 0 Å². The lowest BCUT2D eigenvalue weighted by Crippen LogP contribution is -2.42. The number of aliphatic hydroxyl groups excluding tert-OH is 2. The van der Waals surface area contributed by atoms with Crippen molar-refractivity contribution in [2.45, 2.75) is 19.0 Å². The predicted octanol–water partition coefficient (Wildman–Crippen LogP) is -0.304. The van der Waals surface area contributed by atoms with Gasteiger partial charge in [-0.25, -0.2) is 4.98 Å². The molecule has 0 atom stereocenters. The van der Waals surface area contributed by atoms with Crippen LogP contribution >= 0.6 is 0 Å². The van der Waals surface area contributed by atoms with Crippen molar-refractivity contribution >= 4 is 5.82 Å². The second-order valence-corrected chi connectivity index (χ2v) is 3.72. The van der Waals surface area contributed by atoms with Crippen molar-refractivity contribution in [1.82, 2.24) is 4.98 Å². The number of aromatic nitrogens is 1. The Balaban J connectivity index is 2.79. The topological polar surface area (TPSA) is 91.4 Å². The van der Waals surface area contributed by atoms with Gasteiger partial charge in [-0.05, 0) is 19.1 Å². The van der Waals surface area contributed by atoms with Gasteiger partial charge in [0.1, 0.15) is 5.82 Å². The molecule has 15 heavy (non-hydrogen) atoms. The number of nitrogens with two attached hydrogens (primary N) is 1. The summed E-state index contributed by atoms with van der Waals surface area (Å²) in [5, 5.41) is 21.2. The molecule has 1 aromatic heterocycles. The van der Waals surface area contributed by atoms with Gasteiger partial charge in [0.15, 0.2) is 0 Å². The number of anilines is 1. The molecule has 0 radical (unpaired) electrons. The maximum absolute atomic E-state index is 9.10. The summed E-state index contributed by atoms with van der Waals surface area (Å²) in [6.45, 7) is 1.74. The van der Waals surface area contributed by atoms with Crippen LogP contribution in [-0.4, -0.2) is 33.9 Å². The molecule has 0 unspecified atom stereocenters. The highest BCUT2D eigenvalue weighted by atomic mass is 16.3. The fourth-order valence-electron chi connectivity index (χ4n) is 1.10. The molecule has 84 valence electrons. The van der Waals surface area contributed by atoms with E-state index in [2.05, 4.69) is 10.3 Å². The molecule has 5 N–H and O–H groups in total. The Morgan fingerprint density at radius 2 is 2.07 bits per heavy atom. The third-order valence-corrected chi connectivity index (χ3v) is 2.14. The smallest absolute Gasteiger partial charge is 0.126 e. The molecule has 0 aliphatic heterocycles. The van der Waals surface area contributed by atoms with Crippen LogP contribution in [0.4, 0.5) is 5.82 Å². The van der Waals surface area contributed by atoms with Gasteiger partial charge in [0.25, 0.3) is 0 Å². The van der Waals surface area contributed by atoms with E-state index in [1.54, 1.807) is 13.0 Å². The van der Waals surface area contributed by atoms with Crippen LogP contribution in [0.25, 0.3) is 0 Å². The first kappa shape index (κ1) is 11.9. The van der Waals surface area contributed by atoms with E-state index >= 15 is 0 Å². The average Bonchev–Trinajstić information content (AvgIpc) is 2.29. The molecule has 1 aromatic rings. The number of nitrogens with zero attached hydrogens (tertiary/aromatic N) is 1. The van der Waals surface area contributed by atoms with Gasteiger partial charge in [-0.3, -0.25) is 0 Å². The van der Waals surface area contributed by atoms with E-state index in [1.807, 2.05) is 12.1 Å². The highest BCUT2D eigenvalue weighted by Gasteiger charge is 2.22. The molecule has 1 heterocycles. The number of hydrogen-bond donors (Lipinski definition) is 4. The summed E-state index contributed by atoms with van der Waals surface area (Å²) in [7, 11) is 0. The Bertz CT molecular complexity index is 313. The van der Waals surface area contributed by atoms with Crippen molar-refractivity contribution in [2.75, 3.05) is 18.5 Å². The highest BCUT2D eigenvalue weighted by Crippen LogP contribution is 2.12. The quantitative estimate of drug-likeness (QED) is 0.536. The van der Waals surface area contributed by atoms with E-state index in [9.17, 15) is 0 Å². The Morgan fingerprint density at radius 3 is 2.60 bits per heavy atom. The van der Waals surface area contributed by atoms with Crippen LogP contribution in [0.2, 0.25) is 0 Å². The molecule has 0 fully saturated rings. The molecule has 0 bridgehead atoms. The van der Waals surface area contributed by atoms with E-state index in [0.29, 0.717) is 12.4 Å². The SMILES string of the molecule is CC(CO)(CO)Nc1cccc(CN)n1. The second kappa shape index (κ2) is 5.06. The molecule has 0 saturated heterocycles. The van der Waals surface area contributed by atoms with Crippen LogP contribution < -0.4 is 11.1 Å². The van der Waals surface area contributed by atoms with Gasteiger partial charge in [-0.15, -0.1) is 0 Å². The Hall–Kier alpha value is -1.17. The minimum absolute atomic E-state index is 0.169. The van der Waals surface area contributed by atoms with Crippen molar-refractivity contribution in [3.8, 4) is 0 Å². The monoisotopic (exact) mass is 211 g/mol. The zero-order valence-corrected chi connectivity index (χ0v) is 8.77. The molecular weight excluding hydrogens is 194 g/mol. The Morgan fingerprint density at radius 1 is 1.40 bits per heavy atom. The summed E-state index contributed by atoms with van der Waals surface area (Å²) in [6, 6.07) is 5.41. The van der Waals surface area contributed by atoms with Gasteiger partial charge >= 0.3 is 0 Å². The van der Waals surface area contributed by atoms with Crippen LogP contribution in [0.3, 0.4) is 0 Å². The minimum atomic E-state index is -0.764. The lowest BCUT2D eigenvalue weighted by molar-refractivity contribution is 0.147. The van der Waals surface area contributed by atoms with Gasteiger partial charge in [-0.2, -0.15) is 0 Å². The molecule has 0 amide bonds. The molecular formula is C10H17N3O2. The zero-order valence-electron chi connectivity index (χ0n) is 8.77. The van der Waals surface area contributed by atoms with Crippen LogP contribution in [0, 0.1) is 0 Å². The highest BCUT2D eigenvalue weighted by molar-refractivity contribution is 5.38. The normalized spacial score (nSPS) is 11.5. The summed E-state index contributed by atoms with van der Waals surface area (Å²) >= 11 is 0. The zero-order chi connectivity index (χ0) is 11.3. The van der Waals surface area contributed by atoms with Gasteiger partial charge in [0.2, 0.25) is 0 Å². The first-order valence-corrected chi connectivity index (χ1v) is 4.79. The molecule has 0 aromatic carbocycles. The fourth-order valence-corrected chi connectivity index (χ4v) is 1.10. The third kappa shape index (κ3) is 3.16. The minimum Gasteiger partial charge on any atom is -0.394 e. The molecule has 0 aliphatic rings. The number of pyridine rings is 1. The third-order valence-electron chi connectivity index (χ3n) is 2.14. The first-order valence-electron chi connectivity index (χ1n) is 4.79. The van der Waals surface area contributed by atoms with Crippen LogP contribution in [0.1, 0.15) is 12.6 Å². The fraction of sp³-hybridized carbons (Fsp3) is 0.500. The average molecular weight is 211 g/mol. The number of nitrogens with one attached hydrogen (secondary N) is 1. The maximum atomic E-state index is 9.10. The van der Waals surface area contributed by atoms with E-state index in [0.717, 1.165) is 5.69 Å². The lowest BCUT2D eigenvalue weighted by Gasteiger charge is -2.26. The van der Waals surface area contributed by atoms with Gasteiger partial charge in [0, 0.05) is 6.54 Å². The maximum Gasteiger partial charge on any atom is 0.126 e. The van der Waals surface area contributed by atoms with Crippen molar-refractivity contribution in [2.24, 2.45) is 5.73 Å². The number of rotatable bonds is 5. The predicted molar refractivity (Wildman–Crippen MR) is 58.3 cm³/mol. The molecule has 0 aliphatic carbocycles. The van der Waals surface area contributed by atoms with Crippen LogP contribution in [-0.2, 0) is 6.54 Å². The van der Waals surface area contributed by atoms with Gasteiger partial charge < -0.3 is 21.3 Å². The van der Waals surface area contributed by atoms with E-state index in [-0.39, 0.29) is 13.2 Å². The largest absolute Gasteiger partial charge is 0.394 e. The van der Waals surface area contributed by atoms with Crippen molar-refractivity contribution in [1.29, 1.82) is 0 Å². The van der Waals surface area contributed by atoms with E-state index in [1.165, 1.54) is 0 Å². The lowest BCUT2D eigenvalue weighted by atomic mass is 10.1. The number of hydrogen-bond acceptors (Lipinski definition) is 5. The summed E-state index contributed by atoms with van der Waals surface area (Å²) in [6.07, 6.45) is 0. The molecule has 5 heteroatoms.